The normalized spacial score (nSPS) is 13.8. The summed E-state index contributed by atoms with van der Waals surface area (Å²) in [6.45, 7) is 8.31. The molecule has 0 aromatic heterocycles. The van der Waals surface area contributed by atoms with Crippen molar-refractivity contribution >= 4 is 7.67 Å². The third kappa shape index (κ3) is 5.03. The molecule has 19 heavy (non-hydrogen) atoms. The van der Waals surface area contributed by atoms with Crippen LogP contribution < -0.4 is 9.61 Å². The van der Waals surface area contributed by atoms with Gasteiger partial charge in [-0.25, -0.2) is 14.3 Å². The average Bonchev–Trinajstić information content (AvgIpc) is 2.43. The summed E-state index contributed by atoms with van der Waals surface area (Å²) in [4.78, 5) is 0. The van der Waals surface area contributed by atoms with Gasteiger partial charge in [0.25, 0.3) is 0 Å². The molecule has 104 valence electrons. The monoisotopic (exact) mass is 280 g/mol. The number of hydrogen-bond donors (Lipinski definition) is 1. The van der Waals surface area contributed by atoms with Crippen molar-refractivity contribution in [3.63, 3.8) is 0 Å². The third-order valence-corrected chi connectivity index (χ3v) is 4.65. The maximum atomic E-state index is 12.9. The molecule has 1 aromatic carbocycles. The first-order valence-electron chi connectivity index (χ1n) is 6.15. The lowest BCUT2D eigenvalue weighted by atomic mass is 10.3. The van der Waals surface area contributed by atoms with Crippen molar-refractivity contribution in [2.45, 2.75) is 6.42 Å². The molecule has 1 rings (SSSR count). The molecule has 0 aliphatic carbocycles. The van der Waals surface area contributed by atoms with E-state index in [-0.39, 0.29) is 0 Å². The van der Waals surface area contributed by atoms with Crippen LogP contribution >= 0.6 is 7.67 Å². The molecule has 1 unspecified atom stereocenters. The second-order valence-corrected chi connectivity index (χ2v) is 6.26. The molecule has 0 radical (unpaired) electrons. The van der Waals surface area contributed by atoms with Gasteiger partial charge in [-0.3, -0.25) is 0 Å². The zero-order valence-corrected chi connectivity index (χ0v) is 12.2. The topological polar surface area (TPSA) is 41.6 Å². The van der Waals surface area contributed by atoms with Gasteiger partial charge in [-0.1, -0.05) is 30.4 Å². The molecule has 0 saturated heterocycles. The standard InChI is InChI=1S/C14H21N2O2P/c1-4-6-13-16(3)19(17,15-12-5-2)18-14-10-8-7-9-11-14/h4-5,7-11H,1-2,6,12-13H2,3H3,(H,15,17). The lowest BCUT2D eigenvalue weighted by Gasteiger charge is -2.27. The van der Waals surface area contributed by atoms with Crippen LogP contribution in [0.4, 0.5) is 0 Å². The van der Waals surface area contributed by atoms with E-state index in [0.29, 0.717) is 18.8 Å². The lowest BCUT2D eigenvalue weighted by Crippen LogP contribution is -2.28. The molecule has 1 N–H and O–H groups in total. The van der Waals surface area contributed by atoms with E-state index in [0.717, 1.165) is 6.42 Å². The Hall–Kier alpha value is -1.35. The Kier molecular flexibility index (Phi) is 6.57. The minimum atomic E-state index is -3.11. The second kappa shape index (κ2) is 7.95. The van der Waals surface area contributed by atoms with Crippen LogP contribution in [0.15, 0.2) is 55.6 Å². The van der Waals surface area contributed by atoms with Gasteiger partial charge < -0.3 is 4.52 Å². The van der Waals surface area contributed by atoms with E-state index in [1.165, 1.54) is 0 Å². The van der Waals surface area contributed by atoms with Crippen LogP contribution in [0.3, 0.4) is 0 Å². The van der Waals surface area contributed by atoms with E-state index in [9.17, 15) is 4.57 Å². The predicted octanol–water partition coefficient (Wildman–Crippen LogP) is 3.46. The fraction of sp³-hybridized carbons (Fsp3) is 0.286. The smallest absolute Gasteiger partial charge is 0.393 e. The summed E-state index contributed by atoms with van der Waals surface area (Å²) < 4.78 is 20.2. The van der Waals surface area contributed by atoms with Gasteiger partial charge in [0, 0.05) is 13.1 Å². The molecule has 0 spiro atoms. The molecule has 0 fully saturated rings. The number of nitrogens with one attached hydrogen (secondary N) is 1. The molecule has 4 nitrogen and oxygen atoms in total. The third-order valence-electron chi connectivity index (χ3n) is 2.51. The fourth-order valence-electron chi connectivity index (χ4n) is 1.44. The summed E-state index contributed by atoms with van der Waals surface area (Å²) in [5.74, 6) is 0.577. The van der Waals surface area contributed by atoms with E-state index >= 15 is 0 Å². The minimum absolute atomic E-state index is 0.419. The fourth-order valence-corrected chi connectivity index (χ4v) is 3.03. The average molecular weight is 280 g/mol. The van der Waals surface area contributed by atoms with Gasteiger partial charge in [0.2, 0.25) is 0 Å². The molecular weight excluding hydrogens is 259 g/mol. The van der Waals surface area contributed by atoms with Gasteiger partial charge in [0.05, 0.1) is 0 Å². The maximum absolute atomic E-state index is 12.9. The molecule has 5 heteroatoms. The van der Waals surface area contributed by atoms with Crippen molar-refractivity contribution in [2.24, 2.45) is 0 Å². The quantitative estimate of drug-likeness (QED) is 0.555. The van der Waals surface area contributed by atoms with Crippen molar-refractivity contribution in [1.82, 2.24) is 9.76 Å². The van der Waals surface area contributed by atoms with Crippen LogP contribution in [-0.2, 0) is 4.57 Å². The summed E-state index contributed by atoms with van der Waals surface area (Å²) in [6, 6.07) is 9.14. The number of hydrogen-bond acceptors (Lipinski definition) is 2. The number of benzene rings is 1. The zero-order chi connectivity index (χ0) is 14.1. The Morgan fingerprint density at radius 3 is 2.58 bits per heavy atom. The lowest BCUT2D eigenvalue weighted by molar-refractivity contribution is 0.378. The van der Waals surface area contributed by atoms with Crippen molar-refractivity contribution < 1.29 is 9.09 Å². The summed E-state index contributed by atoms with van der Waals surface area (Å²) >= 11 is 0. The van der Waals surface area contributed by atoms with Gasteiger partial charge in [-0.05, 0) is 25.6 Å². The summed E-state index contributed by atoms with van der Waals surface area (Å²) in [7, 11) is -1.35. The highest BCUT2D eigenvalue weighted by molar-refractivity contribution is 7.54. The van der Waals surface area contributed by atoms with Gasteiger partial charge >= 0.3 is 7.67 Å². The largest absolute Gasteiger partial charge is 0.422 e. The minimum Gasteiger partial charge on any atom is -0.422 e. The van der Waals surface area contributed by atoms with E-state index in [2.05, 4.69) is 18.2 Å². The maximum Gasteiger partial charge on any atom is 0.393 e. The van der Waals surface area contributed by atoms with Crippen LogP contribution in [0.25, 0.3) is 0 Å². The van der Waals surface area contributed by atoms with Crippen LogP contribution in [0, 0.1) is 0 Å². The van der Waals surface area contributed by atoms with Crippen molar-refractivity contribution in [2.75, 3.05) is 20.1 Å². The highest BCUT2D eigenvalue weighted by Crippen LogP contribution is 2.45. The Labute approximate surface area is 115 Å². The molecule has 0 amide bonds. The van der Waals surface area contributed by atoms with E-state index in [1.54, 1.807) is 36.0 Å². The van der Waals surface area contributed by atoms with Crippen LogP contribution in [0.2, 0.25) is 0 Å². The molecule has 1 atom stereocenters. The Balaban J connectivity index is 2.82. The Morgan fingerprint density at radius 2 is 2.00 bits per heavy atom. The zero-order valence-electron chi connectivity index (χ0n) is 11.3. The van der Waals surface area contributed by atoms with E-state index in [4.69, 9.17) is 4.52 Å². The Morgan fingerprint density at radius 1 is 1.32 bits per heavy atom. The van der Waals surface area contributed by atoms with Crippen LogP contribution in [0.5, 0.6) is 5.75 Å². The second-order valence-electron chi connectivity index (χ2n) is 4.03. The van der Waals surface area contributed by atoms with Crippen LogP contribution in [0.1, 0.15) is 6.42 Å². The van der Waals surface area contributed by atoms with Gasteiger partial charge in [-0.15, -0.1) is 13.2 Å². The highest BCUT2D eigenvalue weighted by atomic mass is 31.2. The summed E-state index contributed by atoms with van der Waals surface area (Å²) in [5.41, 5.74) is 0. The number of para-hydroxylation sites is 1. The van der Waals surface area contributed by atoms with Crippen molar-refractivity contribution in [1.29, 1.82) is 0 Å². The number of rotatable bonds is 9. The molecule has 0 saturated carbocycles. The van der Waals surface area contributed by atoms with Gasteiger partial charge in [-0.2, -0.15) is 0 Å². The molecule has 0 bridgehead atoms. The Bertz CT molecular complexity index is 448. The molecule has 1 aromatic rings. The summed E-state index contributed by atoms with van der Waals surface area (Å²) in [6.07, 6.45) is 4.19. The SMILES string of the molecule is C=CCCN(C)P(=O)(NCC=C)Oc1ccccc1. The first-order valence-corrected chi connectivity index (χ1v) is 7.73. The van der Waals surface area contributed by atoms with Crippen molar-refractivity contribution in [3.8, 4) is 5.75 Å². The highest BCUT2D eigenvalue weighted by Gasteiger charge is 2.29. The summed E-state index contributed by atoms with van der Waals surface area (Å²) in [5, 5.41) is 2.91. The van der Waals surface area contributed by atoms with Gasteiger partial charge in [0.1, 0.15) is 5.75 Å². The predicted molar refractivity (Wildman–Crippen MR) is 80.3 cm³/mol. The molecular formula is C14H21N2O2P. The van der Waals surface area contributed by atoms with E-state index in [1.807, 2.05) is 18.2 Å². The molecule has 0 heterocycles. The molecule has 0 aliphatic rings. The van der Waals surface area contributed by atoms with Gasteiger partial charge in [0.15, 0.2) is 0 Å². The molecule has 0 aliphatic heterocycles. The van der Waals surface area contributed by atoms with Crippen molar-refractivity contribution in [3.05, 3.63) is 55.6 Å². The number of nitrogens with zero attached hydrogens (tertiary/aromatic N) is 1. The van der Waals surface area contributed by atoms with E-state index < -0.39 is 7.67 Å². The first-order chi connectivity index (χ1) is 9.12. The first kappa shape index (κ1) is 15.7. The van der Waals surface area contributed by atoms with Crippen LogP contribution in [-0.4, -0.2) is 24.8 Å².